The Morgan fingerprint density at radius 3 is 2.80 bits per heavy atom. The van der Waals surface area contributed by atoms with Crippen molar-refractivity contribution in [3.8, 4) is 5.03 Å². The van der Waals surface area contributed by atoms with Crippen LogP contribution in [-0.4, -0.2) is 50.2 Å². The summed E-state index contributed by atoms with van der Waals surface area (Å²) in [6.45, 7) is 9.04. The van der Waals surface area contributed by atoms with Crippen LogP contribution in [0.3, 0.4) is 0 Å². The van der Waals surface area contributed by atoms with Crippen LogP contribution < -0.4 is 5.32 Å². The number of rotatable bonds is 2. The number of hydrogen-bond acceptors (Lipinski definition) is 5. The Hall–Kier alpha value is -2.06. The third kappa shape index (κ3) is 3.96. The van der Waals surface area contributed by atoms with E-state index in [2.05, 4.69) is 36.1 Å². The van der Waals surface area contributed by atoms with Gasteiger partial charge >= 0.3 is 11.2 Å². The van der Waals surface area contributed by atoms with Crippen molar-refractivity contribution >= 4 is 21.6 Å². The van der Waals surface area contributed by atoms with Gasteiger partial charge in [-0.2, -0.15) is 9.97 Å². The maximum absolute atomic E-state index is 12.4. The van der Waals surface area contributed by atoms with Gasteiger partial charge in [-0.25, -0.2) is 15.1 Å². The smallest absolute Gasteiger partial charge is 0.355 e. The number of urea groups is 1. The number of carbonyl (C=O) groups is 1. The molecule has 3 rings (SSSR count). The SMILES string of the molecule is Cc1c[s+](-c2ccnc(C(C)(C)C)n2)c(NC(=O)N2CCC(O)C2)n1. The first-order chi connectivity index (χ1) is 11.7. The van der Waals surface area contributed by atoms with Crippen LogP contribution in [0.1, 0.15) is 38.7 Å². The molecular weight excluding hydrogens is 338 g/mol. The quantitative estimate of drug-likeness (QED) is 0.802. The summed E-state index contributed by atoms with van der Waals surface area (Å²) in [6, 6.07) is 1.65. The summed E-state index contributed by atoms with van der Waals surface area (Å²) in [5.41, 5.74) is 0.709. The number of nitrogens with one attached hydrogen (secondary N) is 1. The van der Waals surface area contributed by atoms with Crippen molar-refractivity contribution in [2.45, 2.75) is 45.6 Å². The van der Waals surface area contributed by atoms with E-state index in [-0.39, 0.29) is 11.4 Å². The maximum atomic E-state index is 12.4. The zero-order valence-corrected chi connectivity index (χ0v) is 15.8. The van der Waals surface area contributed by atoms with Gasteiger partial charge in [0.2, 0.25) is 0 Å². The number of thiazole rings is 1. The molecule has 2 amide bonds. The number of amides is 2. The minimum atomic E-state index is -0.517. The van der Waals surface area contributed by atoms with Crippen LogP contribution in [0.4, 0.5) is 9.93 Å². The second-order valence-corrected chi connectivity index (χ2v) is 9.02. The molecule has 2 aromatic heterocycles. The van der Waals surface area contributed by atoms with Crippen molar-refractivity contribution in [3.05, 3.63) is 29.2 Å². The van der Waals surface area contributed by atoms with E-state index in [9.17, 15) is 9.90 Å². The Morgan fingerprint density at radius 2 is 2.16 bits per heavy atom. The monoisotopic (exact) mass is 362 g/mol. The first kappa shape index (κ1) is 17.8. The lowest BCUT2D eigenvalue weighted by Crippen LogP contribution is -2.33. The highest BCUT2D eigenvalue weighted by Gasteiger charge is 2.30. The van der Waals surface area contributed by atoms with Gasteiger partial charge in [-0.05, 0) is 13.3 Å². The molecule has 8 heteroatoms. The van der Waals surface area contributed by atoms with E-state index in [1.54, 1.807) is 11.1 Å². The van der Waals surface area contributed by atoms with Crippen molar-refractivity contribution in [3.63, 3.8) is 0 Å². The van der Waals surface area contributed by atoms with Gasteiger partial charge in [0.05, 0.1) is 22.3 Å². The molecule has 1 aliphatic heterocycles. The summed E-state index contributed by atoms with van der Waals surface area (Å²) >= 11 is 0. The molecule has 2 N–H and O–H groups in total. The van der Waals surface area contributed by atoms with Crippen molar-refractivity contribution in [1.82, 2.24) is 19.9 Å². The first-order valence-corrected chi connectivity index (χ1v) is 9.60. The van der Waals surface area contributed by atoms with Gasteiger partial charge in [0, 0.05) is 30.8 Å². The highest BCUT2D eigenvalue weighted by Crippen LogP contribution is 2.38. The van der Waals surface area contributed by atoms with E-state index in [0.29, 0.717) is 24.6 Å². The second-order valence-electron chi connectivity index (χ2n) is 7.30. The Labute approximate surface area is 150 Å². The summed E-state index contributed by atoms with van der Waals surface area (Å²) in [5, 5.41) is 16.0. The van der Waals surface area contributed by atoms with Crippen molar-refractivity contribution in [1.29, 1.82) is 0 Å². The fourth-order valence-corrected chi connectivity index (χ4v) is 4.28. The van der Waals surface area contributed by atoms with Gasteiger partial charge in [0.15, 0.2) is 5.38 Å². The molecule has 0 bridgehead atoms. The van der Waals surface area contributed by atoms with Gasteiger partial charge in [-0.1, -0.05) is 20.8 Å². The molecule has 1 aliphatic rings. The molecule has 25 heavy (non-hydrogen) atoms. The van der Waals surface area contributed by atoms with Crippen molar-refractivity contribution < 1.29 is 9.90 Å². The minimum Gasteiger partial charge on any atom is -0.391 e. The van der Waals surface area contributed by atoms with Gasteiger partial charge < -0.3 is 10.0 Å². The van der Waals surface area contributed by atoms with E-state index in [4.69, 9.17) is 4.98 Å². The second kappa shape index (κ2) is 6.68. The lowest BCUT2D eigenvalue weighted by molar-refractivity contribution is 0.176. The first-order valence-electron chi connectivity index (χ1n) is 8.32. The number of aryl methyl sites for hydroxylation is 1. The summed E-state index contributed by atoms with van der Waals surface area (Å²) in [5.74, 6) is 0.767. The van der Waals surface area contributed by atoms with Crippen LogP contribution in [0.15, 0.2) is 17.6 Å². The van der Waals surface area contributed by atoms with Crippen molar-refractivity contribution in [2.24, 2.45) is 0 Å². The molecule has 0 aliphatic carbocycles. The molecule has 134 valence electrons. The molecule has 0 radical (unpaired) electrons. The summed E-state index contributed by atoms with van der Waals surface area (Å²) in [6.07, 6.45) is 1.93. The average Bonchev–Trinajstić information content (AvgIpc) is 3.12. The fourth-order valence-electron chi connectivity index (χ4n) is 2.63. The molecule has 0 aromatic carbocycles. The zero-order chi connectivity index (χ0) is 18.2. The number of aliphatic hydroxyl groups is 1. The molecule has 0 saturated carbocycles. The topological polar surface area (TPSA) is 91.2 Å². The number of anilines is 1. The maximum Gasteiger partial charge on any atom is 0.355 e. The van der Waals surface area contributed by atoms with Crippen molar-refractivity contribution in [2.75, 3.05) is 18.4 Å². The third-order valence-electron chi connectivity index (χ3n) is 3.97. The molecule has 3 heterocycles. The van der Waals surface area contributed by atoms with Crippen LogP contribution >= 0.6 is 10.5 Å². The largest absolute Gasteiger partial charge is 0.391 e. The van der Waals surface area contributed by atoms with Crippen LogP contribution in [0.5, 0.6) is 0 Å². The Morgan fingerprint density at radius 1 is 1.40 bits per heavy atom. The van der Waals surface area contributed by atoms with Gasteiger partial charge in [-0.15, -0.1) is 0 Å². The summed E-state index contributed by atoms with van der Waals surface area (Å²) < 4.78 is 0. The Bertz CT molecular complexity index is 784. The number of aromatic nitrogens is 3. The predicted molar refractivity (Wildman–Crippen MR) is 98.3 cm³/mol. The molecule has 2 aromatic rings. The number of aliphatic hydroxyl groups excluding tert-OH is 1. The van der Waals surface area contributed by atoms with E-state index >= 15 is 0 Å². The highest BCUT2D eigenvalue weighted by atomic mass is 32.2. The number of hydrogen-bond donors (Lipinski definition) is 2. The molecule has 7 nitrogen and oxygen atoms in total. The Kier molecular flexibility index (Phi) is 4.75. The van der Waals surface area contributed by atoms with Gasteiger partial charge in [-0.3, -0.25) is 0 Å². The molecular formula is C17H24N5O2S+. The minimum absolute atomic E-state index is 0.149. The fraction of sp³-hybridized carbons (Fsp3) is 0.529. The van der Waals surface area contributed by atoms with Crippen LogP contribution in [-0.2, 0) is 5.41 Å². The zero-order valence-electron chi connectivity index (χ0n) is 15.0. The van der Waals surface area contributed by atoms with E-state index in [1.165, 1.54) is 0 Å². The lowest BCUT2D eigenvalue weighted by atomic mass is 9.96. The van der Waals surface area contributed by atoms with E-state index < -0.39 is 16.6 Å². The highest BCUT2D eigenvalue weighted by molar-refractivity contribution is 7.41. The molecule has 2 atom stereocenters. The van der Waals surface area contributed by atoms with E-state index in [1.807, 2.05) is 18.4 Å². The third-order valence-corrected chi connectivity index (χ3v) is 5.83. The summed E-state index contributed by atoms with van der Waals surface area (Å²) in [4.78, 5) is 27.6. The number of carbonyl (C=O) groups excluding carboxylic acids is 1. The number of β-amino-alcohol motifs (C(OH)–C–C–N with tert-alkyl or cyclic N) is 1. The number of likely N-dealkylation sites (tertiary alicyclic amines) is 1. The van der Waals surface area contributed by atoms with Crippen LogP contribution in [0.25, 0.3) is 5.03 Å². The molecule has 2 unspecified atom stereocenters. The Balaban J connectivity index is 1.88. The van der Waals surface area contributed by atoms with Crippen LogP contribution in [0, 0.1) is 6.92 Å². The standard InChI is InChI=1S/C17H23N5O2S/c1-11-10-25(13-5-7-18-14(20-13)17(2,3)4)15(19-11)21-16(24)22-8-6-12(23)9-22/h5,7,10,12,23H,6,8-9H2,1-4H3/p+1. The lowest BCUT2D eigenvalue weighted by Gasteiger charge is -2.15. The normalized spacial score (nSPS) is 18.5. The average molecular weight is 362 g/mol. The summed E-state index contributed by atoms with van der Waals surface area (Å²) in [7, 11) is -0.517. The molecule has 1 saturated heterocycles. The molecule has 1 fully saturated rings. The molecule has 0 spiro atoms. The number of nitrogens with zero attached hydrogens (tertiary/aromatic N) is 4. The van der Waals surface area contributed by atoms with Gasteiger partial charge in [0.25, 0.3) is 5.03 Å². The predicted octanol–water partition coefficient (Wildman–Crippen LogP) is 2.81. The van der Waals surface area contributed by atoms with E-state index in [0.717, 1.165) is 16.5 Å². The van der Waals surface area contributed by atoms with Gasteiger partial charge in [0.1, 0.15) is 5.82 Å². The van der Waals surface area contributed by atoms with Crippen LogP contribution in [0.2, 0.25) is 0 Å².